The van der Waals surface area contributed by atoms with Gasteiger partial charge in [-0.2, -0.15) is 0 Å². The fraction of sp³-hybridized carbons (Fsp3) is 0.600. The topological polar surface area (TPSA) is 38.7 Å². The monoisotopic (exact) mass is 250 g/mol. The maximum atomic E-state index is 9.56. The molecule has 0 aromatic heterocycles. The molecule has 1 aromatic rings. The number of ether oxygens (including phenoxy) is 2. The zero-order valence-corrected chi connectivity index (χ0v) is 11.5. The highest BCUT2D eigenvalue weighted by molar-refractivity contribution is 5.47. The minimum atomic E-state index is 0.102. The van der Waals surface area contributed by atoms with Crippen LogP contribution in [0.4, 0.5) is 0 Å². The molecule has 0 radical (unpaired) electrons. The van der Waals surface area contributed by atoms with E-state index in [2.05, 4.69) is 6.92 Å². The maximum Gasteiger partial charge on any atom is 0.161 e. The molecule has 0 heterocycles. The Labute approximate surface area is 109 Å². The lowest BCUT2D eigenvalue weighted by Crippen LogP contribution is -2.35. The van der Waals surface area contributed by atoms with Gasteiger partial charge in [-0.05, 0) is 54.9 Å². The normalized spacial score (nSPS) is 17.1. The van der Waals surface area contributed by atoms with E-state index in [1.165, 1.54) is 17.5 Å². The van der Waals surface area contributed by atoms with Gasteiger partial charge in [0, 0.05) is 6.61 Å². The van der Waals surface area contributed by atoms with Crippen LogP contribution in [0.5, 0.6) is 11.5 Å². The number of hydrogen-bond acceptors (Lipinski definition) is 3. The molecule has 1 aliphatic rings. The van der Waals surface area contributed by atoms with Crippen LogP contribution in [0, 0.1) is 12.3 Å². The summed E-state index contributed by atoms with van der Waals surface area (Å²) in [6.45, 7) is 2.36. The number of aliphatic hydroxyl groups excluding tert-OH is 1. The Morgan fingerprint density at radius 2 is 1.78 bits per heavy atom. The summed E-state index contributed by atoms with van der Waals surface area (Å²) in [6, 6.07) is 4.06. The van der Waals surface area contributed by atoms with Crippen molar-refractivity contribution in [1.82, 2.24) is 0 Å². The lowest BCUT2D eigenvalue weighted by molar-refractivity contribution is 0.0448. The molecule has 0 saturated heterocycles. The van der Waals surface area contributed by atoms with E-state index in [-0.39, 0.29) is 12.0 Å². The van der Waals surface area contributed by atoms with Gasteiger partial charge >= 0.3 is 0 Å². The summed E-state index contributed by atoms with van der Waals surface area (Å²) in [6.07, 6.45) is 4.40. The van der Waals surface area contributed by atoms with Crippen LogP contribution in [0.25, 0.3) is 0 Å². The van der Waals surface area contributed by atoms with Gasteiger partial charge < -0.3 is 14.6 Å². The molecular formula is C15H22O3. The maximum absolute atomic E-state index is 9.56. The molecular weight excluding hydrogens is 228 g/mol. The first-order valence-corrected chi connectivity index (χ1v) is 6.46. The van der Waals surface area contributed by atoms with Crippen molar-refractivity contribution in [2.24, 2.45) is 5.41 Å². The number of methoxy groups -OCH3 is 2. The van der Waals surface area contributed by atoms with E-state index in [1.54, 1.807) is 14.2 Å². The van der Waals surface area contributed by atoms with Crippen LogP contribution in [0.15, 0.2) is 12.1 Å². The fourth-order valence-electron chi connectivity index (χ4n) is 2.68. The Kier molecular flexibility index (Phi) is 3.81. The van der Waals surface area contributed by atoms with E-state index < -0.39 is 0 Å². The second-order valence-corrected chi connectivity index (χ2v) is 5.32. The first-order chi connectivity index (χ1) is 8.64. The van der Waals surface area contributed by atoms with Gasteiger partial charge in [-0.15, -0.1) is 0 Å². The van der Waals surface area contributed by atoms with Crippen molar-refractivity contribution < 1.29 is 14.6 Å². The average molecular weight is 250 g/mol. The summed E-state index contributed by atoms with van der Waals surface area (Å²) in [5.41, 5.74) is 2.55. The Hall–Kier alpha value is -1.22. The smallest absolute Gasteiger partial charge is 0.161 e. The van der Waals surface area contributed by atoms with Crippen LogP contribution >= 0.6 is 0 Å². The molecule has 2 rings (SSSR count). The summed E-state index contributed by atoms with van der Waals surface area (Å²) in [4.78, 5) is 0. The fourth-order valence-corrected chi connectivity index (χ4v) is 2.68. The number of aryl methyl sites for hydroxylation is 1. The van der Waals surface area contributed by atoms with Gasteiger partial charge in [0.15, 0.2) is 11.5 Å². The molecule has 3 heteroatoms. The van der Waals surface area contributed by atoms with Gasteiger partial charge in [0.1, 0.15) is 0 Å². The molecule has 100 valence electrons. The summed E-state index contributed by atoms with van der Waals surface area (Å²) in [5.74, 6) is 1.54. The van der Waals surface area contributed by atoms with Crippen molar-refractivity contribution >= 4 is 0 Å². The standard InChI is InChI=1S/C15H22O3/c1-11-7-13(17-2)14(18-3)8-12(11)9-15(10-16)5-4-6-15/h7-8,16H,4-6,9-10H2,1-3H3. The Bertz CT molecular complexity index is 416. The average Bonchev–Trinajstić information content (AvgIpc) is 2.35. The van der Waals surface area contributed by atoms with Gasteiger partial charge in [0.25, 0.3) is 0 Å². The molecule has 1 saturated carbocycles. The molecule has 1 aromatic carbocycles. The molecule has 3 nitrogen and oxygen atoms in total. The lowest BCUT2D eigenvalue weighted by atomic mass is 9.65. The Morgan fingerprint density at radius 3 is 2.22 bits per heavy atom. The minimum absolute atomic E-state index is 0.102. The van der Waals surface area contributed by atoms with Gasteiger partial charge in [0.2, 0.25) is 0 Å². The minimum Gasteiger partial charge on any atom is -0.493 e. The highest BCUT2D eigenvalue weighted by Gasteiger charge is 2.36. The molecule has 0 aliphatic heterocycles. The van der Waals surface area contributed by atoms with Gasteiger partial charge in [-0.3, -0.25) is 0 Å². The molecule has 0 amide bonds. The second-order valence-electron chi connectivity index (χ2n) is 5.32. The van der Waals surface area contributed by atoms with Crippen molar-refractivity contribution in [2.75, 3.05) is 20.8 Å². The predicted octanol–water partition coefficient (Wildman–Crippen LogP) is 2.72. The van der Waals surface area contributed by atoms with E-state index in [4.69, 9.17) is 9.47 Å². The van der Waals surface area contributed by atoms with Crippen LogP contribution in [0.2, 0.25) is 0 Å². The number of benzene rings is 1. The Balaban J connectivity index is 2.27. The molecule has 1 N–H and O–H groups in total. The molecule has 1 fully saturated rings. The molecule has 0 spiro atoms. The van der Waals surface area contributed by atoms with Gasteiger partial charge in [-0.25, -0.2) is 0 Å². The van der Waals surface area contributed by atoms with Crippen molar-refractivity contribution in [3.8, 4) is 11.5 Å². The third-order valence-electron chi connectivity index (χ3n) is 4.16. The molecule has 0 unspecified atom stereocenters. The highest BCUT2D eigenvalue weighted by Crippen LogP contribution is 2.44. The molecule has 18 heavy (non-hydrogen) atoms. The van der Waals surface area contributed by atoms with E-state index >= 15 is 0 Å². The largest absolute Gasteiger partial charge is 0.493 e. The summed E-state index contributed by atoms with van der Waals surface area (Å²) < 4.78 is 10.6. The van der Waals surface area contributed by atoms with Gasteiger partial charge in [0.05, 0.1) is 14.2 Å². The lowest BCUT2D eigenvalue weighted by Gasteiger charge is -2.41. The van der Waals surface area contributed by atoms with E-state index in [9.17, 15) is 5.11 Å². The third kappa shape index (κ3) is 2.32. The third-order valence-corrected chi connectivity index (χ3v) is 4.16. The number of hydrogen-bond donors (Lipinski definition) is 1. The Morgan fingerprint density at radius 1 is 1.17 bits per heavy atom. The van der Waals surface area contributed by atoms with Crippen LogP contribution in [-0.4, -0.2) is 25.9 Å². The van der Waals surface area contributed by atoms with Crippen LogP contribution in [0.1, 0.15) is 30.4 Å². The number of aliphatic hydroxyl groups is 1. The quantitative estimate of drug-likeness (QED) is 0.873. The van der Waals surface area contributed by atoms with Crippen molar-refractivity contribution in [2.45, 2.75) is 32.6 Å². The van der Waals surface area contributed by atoms with Crippen molar-refractivity contribution in [3.63, 3.8) is 0 Å². The van der Waals surface area contributed by atoms with E-state index in [0.29, 0.717) is 0 Å². The molecule has 0 atom stereocenters. The number of rotatable bonds is 5. The summed E-state index contributed by atoms with van der Waals surface area (Å²) >= 11 is 0. The highest BCUT2D eigenvalue weighted by atomic mass is 16.5. The van der Waals surface area contributed by atoms with E-state index in [1.807, 2.05) is 12.1 Å². The SMILES string of the molecule is COc1cc(C)c(CC2(CO)CCC2)cc1OC. The summed E-state index contributed by atoms with van der Waals surface area (Å²) in [7, 11) is 3.31. The van der Waals surface area contributed by atoms with E-state index in [0.717, 1.165) is 30.8 Å². The van der Waals surface area contributed by atoms with Crippen molar-refractivity contribution in [3.05, 3.63) is 23.3 Å². The first-order valence-electron chi connectivity index (χ1n) is 6.46. The zero-order chi connectivity index (χ0) is 13.2. The zero-order valence-electron chi connectivity index (χ0n) is 11.5. The van der Waals surface area contributed by atoms with Crippen LogP contribution in [0.3, 0.4) is 0 Å². The van der Waals surface area contributed by atoms with Crippen LogP contribution < -0.4 is 9.47 Å². The molecule has 0 bridgehead atoms. The van der Waals surface area contributed by atoms with Gasteiger partial charge in [-0.1, -0.05) is 6.42 Å². The second kappa shape index (κ2) is 5.19. The molecule has 1 aliphatic carbocycles. The summed E-state index contributed by atoms with van der Waals surface area (Å²) in [5, 5.41) is 9.56. The first kappa shape index (κ1) is 13.2. The van der Waals surface area contributed by atoms with Crippen LogP contribution in [-0.2, 0) is 6.42 Å². The van der Waals surface area contributed by atoms with Crippen molar-refractivity contribution in [1.29, 1.82) is 0 Å². The predicted molar refractivity (Wildman–Crippen MR) is 71.4 cm³/mol.